The van der Waals surface area contributed by atoms with E-state index >= 15 is 0 Å². The van der Waals surface area contributed by atoms with Gasteiger partial charge in [-0.3, -0.25) is 9.48 Å². The van der Waals surface area contributed by atoms with E-state index in [4.69, 9.17) is 4.52 Å². The molecule has 1 saturated heterocycles. The van der Waals surface area contributed by atoms with E-state index in [1.54, 1.807) is 23.1 Å². The summed E-state index contributed by atoms with van der Waals surface area (Å²) in [5.74, 6) is -1.77. The van der Waals surface area contributed by atoms with Crippen LogP contribution in [-0.4, -0.2) is 59.8 Å². The van der Waals surface area contributed by atoms with Gasteiger partial charge >= 0.3 is 0 Å². The van der Waals surface area contributed by atoms with Gasteiger partial charge in [0.2, 0.25) is 0 Å². The van der Waals surface area contributed by atoms with E-state index < -0.39 is 12.0 Å². The van der Waals surface area contributed by atoms with Crippen LogP contribution in [0.1, 0.15) is 69.7 Å². The molecule has 0 radical (unpaired) electrons. The Morgan fingerprint density at radius 3 is 2.62 bits per heavy atom. The highest BCUT2D eigenvalue weighted by Gasteiger charge is 2.59. The molecule has 1 aliphatic carbocycles. The molecule has 12 heteroatoms. The monoisotopic (exact) mass is 599 g/mol. The van der Waals surface area contributed by atoms with E-state index in [-0.39, 0.29) is 18.2 Å². The molecule has 1 amide bonds. The molecular formula is C27H28BrF2N7O2. The van der Waals surface area contributed by atoms with Gasteiger partial charge in [-0.05, 0) is 56.4 Å². The second-order valence-corrected chi connectivity index (χ2v) is 11.4. The average molecular weight is 600 g/mol. The fourth-order valence-corrected chi connectivity index (χ4v) is 5.72. The Morgan fingerprint density at radius 2 is 1.90 bits per heavy atom. The van der Waals surface area contributed by atoms with E-state index in [9.17, 15) is 13.6 Å². The van der Waals surface area contributed by atoms with Crippen molar-refractivity contribution in [3.8, 4) is 11.4 Å². The summed E-state index contributed by atoms with van der Waals surface area (Å²) < 4.78 is 36.1. The predicted molar refractivity (Wildman–Crippen MR) is 142 cm³/mol. The minimum absolute atomic E-state index is 0.0719. The Bertz CT molecular complexity index is 1550. The van der Waals surface area contributed by atoms with Crippen molar-refractivity contribution in [2.75, 3.05) is 13.1 Å². The van der Waals surface area contributed by atoms with Gasteiger partial charge < -0.3 is 9.42 Å². The smallest absolute Gasteiger partial charge is 0.272 e. The van der Waals surface area contributed by atoms with Crippen LogP contribution in [0.2, 0.25) is 0 Å². The zero-order valence-electron chi connectivity index (χ0n) is 21.9. The van der Waals surface area contributed by atoms with Gasteiger partial charge in [0.15, 0.2) is 5.76 Å². The Morgan fingerprint density at radius 1 is 1.15 bits per heavy atom. The first-order valence-electron chi connectivity index (χ1n) is 13.0. The number of carbonyl (C=O) groups excluding carboxylic acids is 1. The van der Waals surface area contributed by atoms with Crippen LogP contribution < -0.4 is 0 Å². The van der Waals surface area contributed by atoms with E-state index in [1.807, 2.05) is 37.8 Å². The number of benzene rings is 1. The molecule has 6 rings (SSSR count). The Labute approximate surface area is 232 Å². The standard InChI is InChI=1S/C27H28BrF2N7O2/c1-15-10-16(2)25(28)17(3)24(15)26(38)35-7-4-18(5-8-35)21-11-19(39-33-21)13-36-14-22(31-34-36)20-6-9-37(32-20)23-12-27(23,29)30/h6,9-11,14,18,23H,4-5,7-8,12-13H2,1-3H3. The second kappa shape index (κ2) is 9.65. The number of hydrogen-bond donors (Lipinski definition) is 0. The lowest BCUT2D eigenvalue weighted by molar-refractivity contribution is 0.0709. The molecule has 1 saturated carbocycles. The van der Waals surface area contributed by atoms with Gasteiger partial charge in [-0.15, -0.1) is 5.10 Å². The first kappa shape index (κ1) is 25.8. The van der Waals surface area contributed by atoms with Gasteiger partial charge in [0.1, 0.15) is 24.0 Å². The van der Waals surface area contributed by atoms with E-state index in [0.29, 0.717) is 36.8 Å². The number of halogens is 3. The van der Waals surface area contributed by atoms with Gasteiger partial charge in [0.05, 0.1) is 11.9 Å². The molecule has 0 N–H and O–H groups in total. The summed E-state index contributed by atoms with van der Waals surface area (Å²) in [6.07, 6.45) is 4.67. The lowest BCUT2D eigenvalue weighted by atomic mass is 9.92. The molecule has 0 spiro atoms. The number of aromatic nitrogens is 6. The average Bonchev–Trinajstić information content (AvgIpc) is 3.43. The van der Waals surface area contributed by atoms with Crippen LogP contribution in [0.3, 0.4) is 0 Å². The SMILES string of the molecule is Cc1cc(C)c(C(=O)N2CCC(c3cc(Cn4cc(-c5ccn(C6CC6(F)F)n5)nn4)on3)CC2)c(C)c1Br. The largest absolute Gasteiger partial charge is 0.359 e. The molecule has 4 heterocycles. The molecule has 39 heavy (non-hydrogen) atoms. The summed E-state index contributed by atoms with van der Waals surface area (Å²) in [5.41, 5.74) is 5.74. The number of likely N-dealkylation sites (tertiary alicyclic amines) is 1. The minimum Gasteiger partial charge on any atom is -0.359 e. The molecule has 4 aromatic rings. The summed E-state index contributed by atoms with van der Waals surface area (Å²) >= 11 is 3.62. The van der Waals surface area contributed by atoms with Crippen molar-refractivity contribution in [1.29, 1.82) is 0 Å². The van der Waals surface area contributed by atoms with Crippen LogP contribution in [0.15, 0.2) is 39.6 Å². The highest BCUT2D eigenvalue weighted by atomic mass is 79.9. The number of piperidine rings is 1. The maximum Gasteiger partial charge on any atom is 0.272 e. The summed E-state index contributed by atoms with van der Waals surface area (Å²) in [4.78, 5) is 15.3. The number of carbonyl (C=O) groups is 1. The van der Waals surface area contributed by atoms with Crippen molar-refractivity contribution in [2.24, 2.45) is 0 Å². The van der Waals surface area contributed by atoms with Crippen LogP contribution in [0.25, 0.3) is 11.4 Å². The fraction of sp³-hybridized carbons (Fsp3) is 0.444. The van der Waals surface area contributed by atoms with Gasteiger partial charge in [0.25, 0.3) is 11.8 Å². The molecule has 1 unspecified atom stereocenters. The van der Waals surface area contributed by atoms with Crippen LogP contribution in [0, 0.1) is 20.8 Å². The van der Waals surface area contributed by atoms with Crippen molar-refractivity contribution in [2.45, 2.75) is 64.5 Å². The van der Waals surface area contributed by atoms with Gasteiger partial charge in [-0.2, -0.15) is 5.10 Å². The summed E-state index contributed by atoms with van der Waals surface area (Å²) in [6.45, 7) is 7.65. The lowest BCUT2D eigenvalue weighted by Gasteiger charge is -2.32. The van der Waals surface area contributed by atoms with Crippen molar-refractivity contribution in [3.63, 3.8) is 0 Å². The van der Waals surface area contributed by atoms with Gasteiger partial charge in [0, 0.05) is 47.7 Å². The maximum atomic E-state index is 13.3. The number of hydrogen-bond acceptors (Lipinski definition) is 6. The first-order valence-corrected chi connectivity index (χ1v) is 13.7. The maximum absolute atomic E-state index is 13.3. The number of rotatable bonds is 6. The lowest BCUT2D eigenvalue weighted by Crippen LogP contribution is -2.38. The Kier molecular flexibility index (Phi) is 6.40. The molecule has 2 aliphatic rings. The molecule has 1 aromatic carbocycles. The molecule has 9 nitrogen and oxygen atoms in total. The molecule has 204 valence electrons. The van der Waals surface area contributed by atoms with Crippen LogP contribution >= 0.6 is 15.9 Å². The number of alkyl halides is 2. The quantitative estimate of drug-likeness (QED) is 0.292. The Balaban J connectivity index is 1.07. The van der Waals surface area contributed by atoms with Gasteiger partial charge in [-0.25, -0.2) is 13.5 Å². The number of aryl methyl sites for hydroxylation is 2. The van der Waals surface area contributed by atoms with E-state index in [0.717, 1.165) is 45.3 Å². The fourth-order valence-electron chi connectivity index (χ4n) is 5.41. The minimum atomic E-state index is -2.69. The van der Waals surface area contributed by atoms with Crippen molar-refractivity contribution in [1.82, 2.24) is 34.8 Å². The highest BCUT2D eigenvalue weighted by molar-refractivity contribution is 9.10. The summed E-state index contributed by atoms with van der Waals surface area (Å²) in [5, 5.41) is 16.8. The van der Waals surface area contributed by atoms with E-state index in [2.05, 4.69) is 36.5 Å². The van der Waals surface area contributed by atoms with Crippen LogP contribution in [-0.2, 0) is 6.54 Å². The van der Waals surface area contributed by atoms with Gasteiger partial charge in [-0.1, -0.05) is 32.4 Å². The van der Waals surface area contributed by atoms with Crippen LogP contribution in [0.5, 0.6) is 0 Å². The molecule has 1 atom stereocenters. The second-order valence-electron chi connectivity index (χ2n) is 10.6. The zero-order valence-corrected chi connectivity index (χ0v) is 23.5. The zero-order chi connectivity index (χ0) is 27.5. The number of nitrogens with zero attached hydrogens (tertiary/aromatic N) is 7. The third-order valence-electron chi connectivity index (χ3n) is 7.71. The first-order chi connectivity index (χ1) is 18.6. The predicted octanol–water partition coefficient (Wildman–Crippen LogP) is 5.47. The third kappa shape index (κ3) is 4.90. The summed E-state index contributed by atoms with van der Waals surface area (Å²) in [6, 6.07) is 4.76. The molecule has 1 aliphatic heterocycles. The van der Waals surface area contributed by atoms with E-state index in [1.165, 1.54) is 4.68 Å². The summed E-state index contributed by atoms with van der Waals surface area (Å²) in [7, 11) is 0. The van der Waals surface area contributed by atoms with Crippen molar-refractivity contribution >= 4 is 21.8 Å². The molecule has 2 fully saturated rings. The molecular weight excluding hydrogens is 572 g/mol. The topological polar surface area (TPSA) is 94.9 Å². The van der Waals surface area contributed by atoms with Crippen molar-refractivity contribution < 1.29 is 18.1 Å². The van der Waals surface area contributed by atoms with Crippen LogP contribution in [0.4, 0.5) is 8.78 Å². The molecule has 0 bridgehead atoms. The Hall–Kier alpha value is -3.41. The van der Waals surface area contributed by atoms with Crippen molar-refractivity contribution in [3.05, 3.63) is 68.8 Å². The third-order valence-corrected chi connectivity index (χ3v) is 8.93. The highest BCUT2D eigenvalue weighted by Crippen LogP contribution is 2.52. The molecule has 3 aromatic heterocycles. The number of amides is 1. The normalized spacial score (nSPS) is 19.0.